The SMILES string of the molecule is CC(C)C(NC(=O)c1cn(Cc2ccccc2)c2ccc(Br)cc2c1=O)C(=O)OC(C)(C)C. The highest BCUT2D eigenvalue weighted by atomic mass is 79.9. The molecule has 1 atom stereocenters. The predicted octanol–water partition coefficient (Wildman–Crippen LogP) is 4.91. The number of carbonyl (C=O) groups excluding carboxylic acids is 2. The number of esters is 1. The lowest BCUT2D eigenvalue weighted by Gasteiger charge is -2.26. The van der Waals surface area contributed by atoms with Crippen LogP contribution in [0.5, 0.6) is 0 Å². The maximum Gasteiger partial charge on any atom is 0.329 e. The number of nitrogens with one attached hydrogen (secondary N) is 1. The third kappa shape index (κ3) is 6.11. The van der Waals surface area contributed by atoms with Crippen LogP contribution in [0.3, 0.4) is 0 Å². The van der Waals surface area contributed by atoms with E-state index >= 15 is 0 Å². The second kappa shape index (κ2) is 9.91. The lowest BCUT2D eigenvalue weighted by atomic mass is 10.0. The Balaban J connectivity index is 2.04. The van der Waals surface area contributed by atoms with Crippen molar-refractivity contribution in [2.75, 3.05) is 0 Å². The zero-order valence-corrected chi connectivity index (χ0v) is 21.1. The number of rotatable bonds is 6. The van der Waals surface area contributed by atoms with Crippen molar-refractivity contribution in [2.45, 2.75) is 52.8 Å². The van der Waals surface area contributed by atoms with Gasteiger partial charge in [-0.3, -0.25) is 9.59 Å². The second-order valence-electron chi connectivity index (χ2n) is 9.38. The number of halogens is 1. The fourth-order valence-electron chi connectivity index (χ4n) is 3.52. The predicted molar refractivity (Wildman–Crippen MR) is 133 cm³/mol. The molecule has 6 nitrogen and oxygen atoms in total. The molecule has 174 valence electrons. The topological polar surface area (TPSA) is 77.4 Å². The molecule has 3 rings (SSSR count). The lowest BCUT2D eigenvalue weighted by Crippen LogP contribution is -2.48. The molecule has 0 saturated heterocycles. The molecular formula is C26H29BrN2O4. The summed E-state index contributed by atoms with van der Waals surface area (Å²) in [5.41, 5.74) is 0.652. The number of nitrogens with zero attached hydrogens (tertiary/aromatic N) is 1. The number of hydrogen-bond acceptors (Lipinski definition) is 4. The molecule has 33 heavy (non-hydrogen) atoms. The van der Waals surface area contributed by atoms with Crippen LogP contribution >= 0.6 is 15.9 Å². The van der Waals surface area contributed by atoms with E-state index in [1.54, 1.807) is 33.0 Å². The smallest absolute Gasteiger partial charge is 0.329 e. The fraction of sp³-hybridized carbons (Fsp3) is 0.346. The van der Waals surface area contributed by atoms with Gasteiger partial charge in [-0.15, -0.1) is 0 Å². The van der Waals surface area contributed by atoms with E-state index in [9.17, 15) is 14.4 Å². The molecular weight excluding hydrogens is 484 g/mol. The van der Waals surface area contributed by atoms with Gasteiger partial charge in [0.2, 0.25) is 5.43 Å². The monoisotopic (exact) mass is 512 g/mol. The minimum atomic E-state index is -0.878. The van der Waals surface area contributed by atoms with Crippen LogP contribution in [0.2, 0.25) is 0 Å². The van der Waals surface area contributed by atoms with Crippen molar-refractivity contribution in [1.82, 2.24) is 9.88 Å². The largest absolute Gasteiger partial charge is 0.458 e. The normalized spacial score (nSPS) is 12.6. The van der Waals surface area contributed by atoms with E-state index in [4.69, 9.17) is 4.74 Å². The first-order chi connectivity index (χ1) is 15.5. The highest BCUT2D eigenvalue weighted by molar-refractivity contribution is 9.10. The van der Waals surface area contributed by atoms with Gasteiger partial charge in [0, 0.05) is 22.6 Å². The maximum absolute atomic E-state index is 13.3. The van der Waals surface area contributed by atoms with Gasteiger partial charge in [0.05, 0.1) is 5.52 Å². The van der Waals surface area contributed by atoms with Crippen molar-refractivity contribution in [3.8, 4) is 0 Å². The van der Waals surface area contributed by atoms with Crippen LogP contribution in [-0.4, -0.2) is 28.1 Å². The number of fused-ring (bicyclic) bond motifs is 1. The zero-order chi connectivity index (χ0) is 24.3. The molecule has 1 N–H and O–H groups in total. The Kier molecular flexibility index (Phi) is 7.42. The molecule has 7 heteroatoms. The highest BCUT2D eigenvalue weighted by Gasteiger charge is 2.30. The standard InChI is InChI=1S/C26H29BrN2O4/c1-16(2)22(25(32)33-26(3,4)5)28-24(31)20-15-29(14-17-9-7-6-8-10-17)21-12-11-18(27)13-19(21)23(20)30/h6-13,15-16,22H,14H2,1-5H3,(H,28,31). The zero-order valence-electron chi connectivity index (χ0n) is 19.5. The third-order valence-electron chi connectivity index (χ3n) is 5.10. The molecule has 0 bridgehead atoms. The van der Waals surface area contributed by atoms with E-state index in [1.807, 2.05) is 60.9 Å². The van der Waals surface area contributed by atoms with Crippen LogP contribution in [0.1, 0.15) is 50.5 Å². The van der Waals surface area contributed by atoms with Gasteiger partial charge in [-0.1, -0.05) is 60.1 Å². The van der Waals surface area contributed by atoms with Gasteiger partial charge in [-0.05, 0) is 50.5 Å². The molecule has 0 aliphatic rings. The molecule has 0 saturated carbocycles. The van der Waals surface area contributed by atoms with Gasteiger partial charge >= 0.3 is 5.97 Å². The minimum Gasteiger partial charge on any atom is -0.458 e. The van der Waals surface area contributed by atoms with Gasteiger partial charge in [-0.2, -0.15) is 0 Å². The average Bonchev–Trinajstić information content (AvgIpc) is 2.73. The van der Waals surface area contributed by atoms with E-state index < -0.39 is 23.5 Å². The summed E-state index contributed by atoms with van der Waals surface area (Å²) in [4.78, 5) is 39.2. The Morgan fingerprint density at radius 1 is 1.09 bits per heavy atom. The molecule has 0 radical (unpaired) electrons. The Morgan fingerprint density at radius 3 is 2.36 bits per heavy atom. The number of amides is 1. The summed E-state index contributed by atoms with van der Waals surface area (Å²) in [6.45, 7) is 9.44. The number of aromatic nitrogens is 1. The van der Waals surface area contributed by atoms with E-state index in [1.165, 1.54) is 0 Å². The van der Waals surface area contributed by atoms with Crippen molar-refractivity contribution >= 4 is 38.7 Å². The summed E-state index contributed by atoms with van der Waals surface area (Å²) in [5, 5.41) is 3.15. The molecule has 0 aliphatic heterocycles. The number of benzene rings is 2. The van der Waals surface area contributed by atoms with Gasteiger partial charge in [-0.25, -0.2) is 4.79 Å². The first kappa shape index (κ1) is 24.7. The quantitative estimate of drug-likeness (QED) is 0.476. The summed E-state index contributed by atoms with van der Waals surface area (Å²) in [7, 11) is 0. The van der Waals surface area contributed by atoms with Gasteiger partial charge < -0.3 is 14.6 Å². The molecule has 0 aliphatic carbocycles. The number of carbonyl (C=O) groups is 2. The van der Waals surface area contributed by atoms with Gasteiger partial charge in [0.15, 0.2) is 0 Å². The van der Waals surface area contributed by atoms with Crippen LogP contribution in [0.15, 0.2) is 64.0 Å². The number of pyridine rings is 1. The van der Waals surface area contributed by atoms with Crippen LogP contribution in [0, 0.1) is 5.92 Å². The summed E-state index contributed by atoms with van der Waals surface area (Å²) in [6.07, 6.45) is 1.56. The first-order valence-electron chi connectivity index (χ1n) is 10.9. The molecule has 0 spiro atoms. The number of ether oxygens (including phenoxy) is 1. The maximum atomic E-state index is 13.3. The summed E-state index contributed by atoms with van der Waals surface area (Å²) < 4.78 is 8.09. The van der Waals surface area contributed by atoms with Crippen LogP contribution in [0.25, 0.3) is 10.9 Å². The van der Waals surface area contributed by atoms with Crippen molar-refractivity contribution in [3.05, 3.63) is 80.6 Å². The van der Waals surface area contributed by atoms with Crippen molar-refractivity contribution < 1.29 is 14.3 Å². The molecule has 0 fully saturated rings. The van der Waals surface area contributed by atoms with Crippen molar-refractivity contribution in [1.29, 1.82) is 0 Å². The van der Waals surface area contributed by atoms with E-state index in [0.717, 1.165) is 15.6 Å². The Morgan fingerprint density at radius 2 is 1.76 bits per heavy atom. The summed E-state index contributed by atoms with van der Waals surface area (Å²) in [6, 6.07) is 14.3. The number of hydrogen-bond donors (Lipinski definition) is 1. The molecule has 1 amide bonds. The lowest BCUT2D eigenvalue weighted by molar-refractivity contribution is -0.158. The van der Waals surface area contributed by atoms with Crippen LogP contribution in [-0.2, 0) is 16.1 Å². The molecule has 3 aromatic rings. The average molecular weight is 513 g/mol. The van der Waals surface area contributed by atoms with Crippen LogP contribution < -0.4 is 10.7 Å². The fourth-order valence-corrected chi connectivity index (χ4v) is 3.89. The van der Waals surface area contributed by atoms with E-state index in [2.05, 4.69) is 21.2 Å². The molecule has 2 aromatic carbocycles. The third-order valence-corrected chi connectivity index (χ3v) is 5.59. The summed E-state index contributed by atoms with van der Waals surface area (Å²) in [5.74, 6) is -1.35. The Bertz CT molecular complexity index is 1230. The Labute approximate surface area is 202 Å². The minimum absolute atomic E-state index is 0.0225. The van der Waals surface area contributed by atoms with E-state index in [0.29, 0.717) is 11.9 Å². The molecule has 1 aromatic heterocycles. The molecule has 1 heterocycles. The summed E-state index contributed by atoms with van der Waals surface area (Å²) >= 11 is 3.42. The van der Waals surface area contributed by atoms with Crippen LogP contribution in [0.4, 0.5) is 0 Å². The highest BCUT2D eigenvalue weighted by Crippen LogP contribution is 2.20. The molecule has 1 unspecified atom stereocenters. The van der Waals surface area contributed by atoms with E-state index in [-0.39, 0.29) is 16.9 Å². The van der Waals surface area contributed by atoms with Crippen molar-refractivity contribution in [2.24, 2.45) is 5.92 Å². The van der Waals surface area contributed by atoms with Crippen molar-refractivity contribution in [3.63, 3.8) is 0 Å². The second-order valence-corrected chi connectivity index (χ2v) is 10.3. The van der Waals surface area contributed by atoms with Gasteiger partial charge in [0.1, 0.15) is 17.2 Å². The van der Waals surface area contributed by atoms with Gasteiger partial charge in [0.25, 0.3) is 5.91 Å². The first-order valence-corrected chi connectivity index (χ1v) is 11.7. The Hall–Kier alpha value is -2.93.